The normalized spacial score (nSPS) is 9.40. The number of rotatable bonds is 3. The lowest BCUT2D eigenvalue weighted by atomic mass is 10.3. The summed E-state index contributed by atoms with van der Waals surface area (Å²) in [6.45, 7) is 1.94. The maximum absolute atomic E-state index is 10.9. The van der Waals surface area contributed by atoms with Crippen LogP contribution in [0.5, 0.6) is 0 Å². The number of nitrogens with zero attached hydrogens (tertiary/aromatic N) is 1. The Bertz CT molecular complexity index is 361. The lowest BCUT2D eigenvalue weighted by Crippen LogP contribution is -2.14. The van der Waals surface area contributed by atoms with Crippen LogP contribution in [0, 0.1) is 0 Å². The lowest BCUT2D eigenvalue weighted by molar-refractivity contribution is 0.0696. The second-order valence-corrected chi connectivity index (χ2v) is 2.58. The van der Waals surface area contributed by atoms with Crippen molar-refractivity contribution in [2.45, 2.75) is 6.92 Å². The third-order valence-corrected chi connectivity index (χ3v) is 1.52. The summed E-state index contributed by atoms with van der Waals surface area (Å²) in [4.78, 5) is 25.2. The van der Waals surface area contributed by atoms with Crippen LogP contribution in [0.1, 0.15) is 17.3 Å². The van der Waals surface area contributed by atoms with Gasteiger partial charge in [0.2, 0.25) is 0 Å². The molecule has 1 amide bonds. The smallest absolute Gasteiger partial charge is 0.412 e. The third-order valence-electron chi connectivity index (χ3n) is 1.52. The summed E-state index contributed by atoms with van der Waals surface area (Å²) in [5, 5.41) is 10.9. The van der Waals surface area contributed by atoms with Crippen molar-refractivity contribution in [2.24, 2.45) is 0 Å². The van der Waals surface area contributed by atoms with Crippen molar-refractivity contribution in [3.05, 3.63) is 23.9 Å². The number of pyridine rings is 1. The van der Waals surface area contributed by atoms with Crippen LogP contribution in [-0.4, -0.2) is 28.8 Å². The average molecular weight is 210 g/mol. The number of amides is 1. The number of hydrogen-bond acceptors (Lipinski definition) is 4. The maximum atomic E-state index is 10.9. The van der Waals surface area contributed by atoms with Crippen LogP contribution in [0.25, 0.3) is 0 Å². The molecule has 0 unspecified atom stereocenters. The minimum atomic E-state index is -1.06. The standard InChI is InChI=1S/C9H10N2O4/c1-2-15-9(14)11-7-4-3-6(5-10-7)8(12)13/h3-5H,2H2,1H3,(H,12,13)(H,10,11,14). The summed E-state index contributed by atoms with van der Waals surface area (Å²) in [6.07, 6.45) is 0.539. The fourth-order valence-electron chi connectivity index (χ4n) is 0.866. The van der Waals surface area contributed by atoms with Gasteiger partial charge in [0.1, 0.15) is 5.82 Å². The molecule has 0 aliphatic carbocycles. The molecule has 0 aliphatic rings. The Morgan fingerprint density at radius 2 is 2.27 bits per heavy atom. The predicted octanol–water partition coefficient (Wildman–Crippen LogP) is 1.35. The van der Waals surface area contributed by atoms with Crippen LogP contribution in [0.4, 0.5) is 10.6 Å². The van der Waals surface area contributed by atoms with Crippen molar-refractivity contribution in [3.63, 3.8) is 0 Å². The molecular weight excluding hydrogens is 200 g/mol. The molecule has 1 aromatic rings. The molecule has 1 aromatic heterocycles. The first-order chi connectivity index (χ1) is 7.13. The summed E-state index contributed by atoms with van der Waals surface area (Å²) < 4.78 is 4.62. The number of ether oxygens (including phenoxy) is 1. The second-order valence-electron chi connectivity index (χ2n) is 2.58. The molecule has 0 bridgehead atoms. The van der Waals surface area contributed by atoms with Crippen LogP contribution < -0.4 is 5.32 Å². The van der Waals surface area contributed by atoms with Crippen molar-refractivity contribution in [2.75, 3.05) is 11.9 Å². The zero-order valence-electron chi connectivity index (χ0n) is 8.06. The lowest BCUT2D eigenvalue weighted by Gasteiger charge is -2.03. The summed E-state index contributed by atoms with van der Waals surface area (Å²) in [6, 6.07) is 2.73. The number of hydrogen-bond donors (Lipinski definition) is 2. The van der Waals surface area contributed by atoms with Crippen molar-refractivity contribution >= 4 is 17.9 Å². The number of carbonyl (C=O) groups excluding carboxylic acids is 1. The van der Waals surface area contributed by atoms with Crippen molar-refractivity contribution < 1.29 is 19.4 Å². The molecule has 0 atom stereocenters. The van der Waals surface area contributed by atoms with Crippen LogP contribution in [0.3, 0.4) is 0 Å². The van der Waals surface area contributed by atoms with Gasteiger partial charge < -0.3 is 9.84 Å². The van der Waals surface area contributed by atoms with E-state index < -0.39 is 12.1 Å². The second kappa shape index (κ2) is 4.94. The number of anilines is 1. The van der Waals surface area contributed by atoms with Gasteiger partial charge >= 0.3 is 12.1 Å². The van der Waals surface area contributed by atoms with E-state index in [0.29, 0.717) is 0 Å². The Labute approximate surface area is 85.9 Å². The zero-order chi connectivity index (χ0) is 11.3. The SMILES string of the molecule is CCOC(=O)Nc1ccc(C(=O)O)cn1. The first-order valence-corrected chi connectivity index (χ1v) is 4.26. The van der Waals surface area contributed by atoms with Crippen LogP contribution in [0.15, 0.2) is 18.3 Å². The largest absolute Gasteiger partial charge is 0.478 e. The van der Waals surface area contributed by atoms with Crippen molar-refractivity contribution in [1.82, 2.24) is 4.98 Å². The van der Waals surface area contributed by atoms with E-state index in [0.717, 1.165) is 6.20 Å². The molecule has 1 heterocycles. The highest BCUT2D eigenvalue weighted by atomic mass is 16.5. The minimum Gasteiger partial charge on any atom is -0.478 e. The molecule has 0 spiro atoms. The van der Waals surface area contributed by atoms with E-state index in [1.54, 1.807) is 6.92 Å². The quantitative estimate of drug-likeness (QED) is 0.786. The van der Waals surface area contributed by atoms with E-state index in [-0.39, 0.29) is 18.0 Å². The van der Waals surface area contributed by atoms with E-state index >= 15 is 0 Å². The van der Waals surface area contributed by atoms with Gasteiger partial charge in [-0.2, -0.15) is 0 Å². The van der Waals surface area contributed by atoms with Gasteiger partial charge in [0, 0.05) is 6.20 Å². The Morgan fingerprint density at radius 1 is 1.53 bits per heavy atom. The van der Waals surface area contributed by atoms with Gasteiger partial charge in [-0.1, -0.05) is 0 Å². The molecule has 0 aromatic carbocycles. The summed E-state index contributed by atoms with van der Waals surface area (Å²) in [5.41, 5.74) is 0.0596. The highest BCUT2D eigenvalue weighted by Crippen LogP contribution is 2.05. The van der Waals surface area contributed by atoms with Gasteiger partial charge in [0.05, 0.1) is 12.2 Å². The zero-order valence-corrected chi connectivity index (χ0v) is 8.06. The topological polar surface area (TPSA) is 88.5 Å². The average Bonchev–Trinajstić information content (AvgIpc) is 2.18. The van der Waals surface area contributed by atoms with E-state index in [4.69, 9.17) is 5.11 Å². The molecule has 6 nitrogen and oxygen atoms in total. The highest BCUT2D eigenvalue weighted by molar-refractivity contribution is 5.88. The highest BCUT2D eigenvalue weighted by Gasteiger charge is 2.05. The van der Waals surface area contributed by atoms with E-state index in [2.05, 4.69) is 15.0 Å². The van der Waals surface area contributed by atoms with E-state index in [1.165, 1.54) is 12.1 Å². The number of carbonyl (C=O) groups is 2. The van der Waals surface area contributed by atoms with Crippen molar-refractivity contribution in [3.8, 4) is 0 Å². The molecule has 1 rings (SSSR count). The minimum absolute atomic E-state index is 0.0596. The predicted molar refractivity (Wildman–Crippen MR) is 51.8 cm³/mol. The first kappa shape index (κ1) is 11.0. The molecular formula is C9H10N2O4. The van der Waals surface area contributed by atoms with Gasteiger partial charge in [-0.05, 0) is 19.1 Å². The number of carboxylic acid groups (broad SMARTS) is 1. The van der Waals surface area contributed by atoms with Gasteiger partial charge in [0.15, 0.2) is 0 Å². The van der Waals surface area contributed by atoms with Crippen LogP contribution in [0.2, 0.25) is 0 Å². The Kier molecular flexibility index (Phi) is 3.61. The molecule has 0 radical (unpaired) electrons. The molecule has 6 heteroatoms. The Balaban J connectivity index is 2.64. The fraction of sp³-hybridized carbons (Fsp3) is 0.222. The summed E-state index contributed by atoms with van der Waals surface area (Å²) in [7, 11) is 0. The van der Waals surface area contributed by atoms with Gasteiger partial charge in [0.25, 0.3) is 0 Å². The molecule has 0 aliphatic heterocycles. The van der Waals surface area contributed by atoms with Gasteiger partial charge in [-0.3, -0.25) is 5.32 Å². The molecule has 0 saturated heterocycles. The fourth-order valence-corrected chi connectivity index (χ4v) is 0.866. The molecule has 0 saturated carbocycles. The van der Waals surface area contributed by atoms with Crippen LogP contribution >= 0.6 is 0 Å². The molecule has 80 valence electrons. The molecule has 2 N–H and O–H groups in total. The maximum Gasteiger partial charge on any atom is 0.412 e. The van der Waals surface area contributed by atoms with Crippen molar-refractivity contribution in [1.29, 1.82) is 0 Å². The van der Waals surface area contributed by atoms with Gasteiger partial charge in [-0.15, -0.1) is 0 Å². The number of aromatic carboxylic acids is 1. The first-order valence-electron chi connectivity index (χ1n) is 4.26. The third kappa shape index (κ3) is 3.26. The number of aromatic nitrogens is 1. The van der Waals surface area contributed by atoms with E-state index in [9.17, 15) is 9.59 Å². The Hall–Kier alpha value is -2.11. The molecule has 0 fully saturated rings. The van der Waals surface area contributed by atoms with Gasteiger partial charge in [-0.25, -0.2) is 14.6 Å². The Morgan fingerprint density at radius 3 is 2.73 bits per heavy atom. The van der Waals surface area contributed by atoms with Crippen LogP contribution in [-0.2, 0) is 4.74 Å². The van der Waals surface area contributed by atoms with E-state index in [1.807, 2.05) is 0 Å². The monoisotopic (exact) mass is 210 g/mol. The summed E-state index contributed by atoms with van der Waals surface area (Å²) in [5.74, 6) is -0.816. The number of carboxylic acids is 1. The summed E-state index contributed by atoms with van der Waals surface area (Å²) >= 11 is 0. The molecule has 15 heavy (non-hydrogen) atoms. The number of nitrogens with one attached hydrogen (secondary N) is 1.